The highest BCUT2D eigenvalue weighted by atomic mass is 19.1. The van der Waals surface area contributed by atoms with Crippen LogP contribution in [-0.2, 0) is 0 Å². The highest BCUT2D eigenvalue weighted by Crippen LogP contribution is 2.29. The Kier molecular flexibility index (Phi) is 3.95. The lowest BCUT2D eigenvalue weighted by Crippen LogP contribution is -2.21. The minimum Gasteiger partial charge on any atom is -0.475 e. The number of anilines is 1. The van der Waals surface area contributed by atoms with Gasteiger partial charge in [0.25, 0.3) is 0 Å². The van der Waals surface area contributed by atoms with Crippen LogP contribution in [-0.4, -0.2) is 50.5 Å². The normalized spacial score (nSPS) is 17.6. The molecule has 3 aromatic rings. The van der Waals surface area contributed by atoms with Gasteiger partial charge < -0.3 is 9.64 Å². The molecule has 0 aromatic carbocycles. The maximum atomic E-state index is 13.5. The van der Waals surface area contributed by atoms with E-state index >= 15 is 0 Å². The Morgan fingerprint density at radius 1 is 1.28 bits per heavy atom. The quantitative estimate of drug-likeness (QED) is 0.785. The number of fused-ring (bicyclic) bond motifs is 1. The van der Waals surface area contributed by atoms with E-state index in [0.717, 1.165) is 10.9 Å². The summed E-state index contributed by atoms with van der Waals surface area (Å²) in [5.41, 5.74) is 2.18. The van der Waals surface area contributed by atoms with Crippen LogP contribution in [0.5, 0.6) is 5.88 Å². The highest BCUT2D eigenvalue weighted by Gasteiger charge is 2.23. The molecule has 3 aromatic heterocycles. The molecule has 1 atom stereocenters. The molecule has 0 aliphatic carbocycles. The first kappa shape index (κ1) is 15.7. The van der Waals surface area contributed by atoms with E-state index in [1.807, 2.05) is 30.9 Å². The van der Waals surface area contributed by atoms with Gasteiger partial charge in [-0.15, -0.1) is 0 Å². The molecule has 0 saturated carbocycles. The summed E-state index contributed by atoms with van der Waals surface area (Å²) in [6.45, 7) is 4.93. The second kappa shape index (κ2) is 6.27. The summed E-state index contributed by atoms with van der Waals surface area (Å²) in [5, 5.41) is 8.20. The summed E-state index contributed by atoms with van der Waals surface area (Å²) in [4.78, 5) is 14.8. The van der Waals surface area contributed by atoms with Gasteiger partial charge in [-0.2, -0.15) is 5.10 Å². The summed E-state index contributed by atoms with van der Waals surface area (Å²) in [6.07, 6.45) is 2.96. The third kappa shape index (κ3) is 3.11. The third-order valence-corrected chi connectivity index (χ3v) is 4.13. The Balaban J connectivity index is 1.71. The lowest BCUT2D eigenvalue weighted by Gasteiger charge is -2.16. The summed E-state index contributed by atoms with van der Waals surface area (Å²) in [6, 6.07) is 3.69. The number of halogens is 1. The summed E-state index contributed by atoms with van der Waals surface area (Å²) < 4.78 is 19.1. The van der Waals surface area contributed by atoms with Gasteiger partial charge in [0, 0.05) is 24.1 Å². The van der Waals surface area contributed by atoms with E-state index in [0.29, 0.717) is 42.6 Å². The van der Waals surface area contributed by atoms with Crippen molar-refractivity contribution >= 4 is 16.7 Å². The van der Waals surface area contributed by atoms with Gasteiger partial charge in [0.05, 0.1) is 30.1 Å². The summed E-state index contributed by atoms with van der Waals surface area (Å²) in [5.74, 6) is 1.26. The molecular weight excluding hydrogens is 323 g/mol. The van der Waals surface area contributed by atoms with Gasteiger partial charge in [-0.1, -0.05) is 0 Å². The molecule has 1 N–H and O–H groups in total. The number of H-pyrrole nitrogens is 1. The van der Waals surface area contributed by atoms with Crippen molar-refractivity contribution in [3.63, 3.8) is 0 Å². The van der Waals surface area contributed by atoms with E-state index in [-0.39, 0.29) is 6.10 Å². The zero-order valence-electron chi connectivity index (χ0n) is 14.1. The molecule has 1 aliphatic rings. The first-order valence-corrected chi connectivity index (χ1v) is 8.32. The molecule has 1 saturated heterocycles. The highest BCUT2D eigenvalue weighted by molar-refractivity contribution is 5.92. The Labute approximate surface area is 144 Å². The summed E-state index contributed by atoms with van der Waals surface area (Å²) >= 11 is 0. The second-order valence-electron chi connectivity index (χ2n) is 6.40. The average molecular weight is 342 g/mol. The molecule has 0 spiro atoms. The number of aromatic amines is 1. The van der Waals surface area contributed by atoms with Crippen molar-refractivity contribution in [1.29, 1.82) is 0 Å². The Bertz CT molecular complexity index is 896. The number of rotatable bonds is 4. The van der Waals surface area contributed by atoms with Crippen molar-refractivity contribution in [1.82, 2.24) is 25.1 Å². The standard InChI is InChI=1S/C17H19FN6O/c1-10(2)25-16-5-12-14(7-19-16)22-23-17(12)13-6-15(21-9-20-13)24-4-3-11(18)8-24/h5-7,9-11H,3-4,8H2,1-2H3,(H,22,23)/t11-/m1/s1. The van der Waals surface area contributed by atoms with Crippen LogP contribution in [0.4, 0.5) is 10.2 Å². The zero-order valence-corrected chi connectivity index (χ0v) is 14.1. The Morgan fingerprint density at radius 3 is 2.92 bits per heavy atom. The number of pyridine rings is 1. The average Bonchev–Trinajstić information content (AvgIpc) is 3.20. The second-order valence-corrected chi connectivity index (χ2v) is 6.40. The lowest BCUT2D eigenvalue weighted by molar-refractivity contribution is 0.233. The number of nitrogens with one attached hydrogen (secondary N) is 1. The van der Waals surface area contributed by atoms with Crippen molar-refractivity contribution in [2.24, 2.45) is 0 Å². The van der Waals surface area contributed by atoms with Gasteiger partial charge in [-0.05, 0) is 20.3 Å². The van der Waals surface area contributed by atoms with Gasteiger partial charge in [-0.25, -0.2) is 19.3 Å². The predicted molar refractivity (Wildman–Crippen MR) is 92.4 cm³/mol. The van der Waals surface area contributed by atoms with Crippen molar-refractivity contribution < 1.29 is 9.13 Å². The largest absolute Gasteiger partial charge is 0.475 e. The van der Waals surface area contributed by atoms with Crippen molar-refractivity contribution in [2.75, 3.05) is 18.0 Å². The molecule has 8 heteroatoms. The van der Waals surface area contributed by atoms with Crippen LogP contribution in [0, 0.1) is 0 Å². The molecule has 4 heterocycles. The molecule has 1 fully saturated rings. The van der Waals surface area contributed by atoms with Crippen LogP contribution in [0.25, 0.3) is 22.3 Å². The maximum absolute atomic E-state index is 13.5. The van der Waals surface area contributed by atoms with E-state index in [9.17, 15) is 4.39 Å². The van der Waals surface area contributed by atoms with Crippen LogP contribution in [0.1, 0.15) is 20.3 Å². The van der Waals surface area contributed by atoms with Gasteiger partial charge >= 0.3 is 0 Å². The fraction of sp³-hybridized carbons (Fsp3) is 0.412. The van der Waals surface area contributed by atoms with E-state index < -0.39 is 6.17 Å². The van der Waals surface area contributed by atoms with Crippen LogP contribution < -0.4 is 9.64 Å². The van der Waals surface area contributed by atoms with Crippen LogP contribution in [0.2, 0.25) is 0 Å². The van der Waals surface area contributed by atoms with Crippen molar-refractivity contribution in [2.45, 2.75) is 32.5 Å². The minimum atomic E-state index is -0.800. The van der Waals surface area contributed by atoms with Crippen molar-refractivity contribution in [3.8, 4) is 17.3 Å². The van der Waals surface area contributed by atoms with Crippen molar-refractivity contribution in [3.05, 3.63) is 24.7 Å². The van der Waals surface area contributed by atoms with E-state index in [1.54, 1.807) is 6.20 Å². The fourth-order valence-corrected chi connectivity index (χ4v) is 2.97. The van der Waals surface area contributed by atoms with Gasteiger partial charge in [0.2, 0.25) is 5.88 Å². The first-order valence-electron chi connectivity index (χ1n) is 8.32. The lowest BCUT2D eigenvalue weighted by atomic mass is 10.2. The molecule has 0 radical (unpaired) electrons. The number of nitrogens with zero attached hydrogens (tertiary/aromatic N) is 5. The topological polar surface area (TPSA) is 79.8 Å². The Morgan fingerprint density at radius 2 is 2.16 bits per heavy atom. The fourth-order valence-electron chi connectivity index (χ4n) is 2.97. The molecule has 130 valence electrons. The molecule has 0 bridgehead atoms. The SMILES string of the molecule is CC(C)Oc1cc2c(-c3cc(N4CC[C@@H](F)C4)ncn3)n[nH]c2cn1. The molecule has 25 heavy (non-hydrogen) atoms. The van der Waals surface area contributed by atoms with E-state index in [2.05, 4.69) is 25.1 Å². The number of hydrogen-bond donors (Lipinski definition) is 1. The minimum absolute atomic E-state index is 0.0368. The molecule has 0 unspecified atom stereocenters. The number of hydrogen-bond acceptors (Lipinski definition) is 6. The van der Waals surface area contributed by atoms with E-state index in [4.69, 9.17) is 4.74 Å². The van der Waals surface area contributed by atoms with Gasteiger partial charge in [0.1, 0.15) is 24.0 Å². The van der Waals surface area contributed by atoms with Gasteiger partial charge in [-0.3, -0.25) is 5.10 Å². The van der Waals surface area contributed by atoms with Crippen LogP contribution >= 0.6 is 0 Å². The number of ether oxygens (including phenoxy) is 1. The smallest absolute Gasteiger partial charge is 0.214 e. The molecule has 0 amide bonds. The van der Waals surface area contributed by atoms with Gasteiger partial charge in [0.15, 0.2) is 0 Å². The van der Waals surface area contributed by atoms with E-state index in [1.165, 1.54) is 6.33 Å². The Hall–Kier alpha value is -2.77. The first-order chi connectivity index (χ1) is 12.1. The molecule has 1 aliphatic heterocycles. The monoisotopic (exact) mass is 342 g/mol. The molecular formula is C17H19FN6O. The number of aromatic nitrogens is 5. The summed E-state index contributed by atoms with van der Waals surface area (Å²) in [7, 11) is 0. The van der Waals surface area contributed by atoms with Crippen LogP contribution in [0.3, 0.4) is 0 Å². The van der Waals surface area contributed by atoms with Crippen LogP contribution in [0.15, 0.2) is 24.7 Å². The molecule has 4 rings (SSSR count). The maximum Gasteiger partial charge on any atom is 0.214 e. The predicted octanol–water partition coefficient (Wildman–Crippen LogP) is 2.75. The molecule has 7 nitrogen and oxygen atoms in total. The zero-order chi connectivity index (χ0) is 17.4. The third-order valence-electron chi connectivity index (χ3n) is 4.13. The number of alkyl halides is 1.